The lowest BCUT2D eigenvalue weighted by atomic mass is 10.1. The third-order valence-electron chi connectivity index (χ3n) is 4.49. The molecule has 0 bridgehead atoms. The van der Waals surface area contributed by atoms with Crippen LogP contribution in [0.3, 0.4) is 0 Å². The standard InChI is InChI=1S/C22H31Cl3O4/c1-2-3-4-5-6-7-8-11-16-28-19(26)12-9-10-13-20(27)29-22-18(24)15-14-17(23)21(22)25/h14-15H,2-13,16H2,1H3. The molecule has 1 aromatic rings. The fraction of sp³-hybridized carbons (Fsp3) is 0.636. The van der Waals surface area contributed by atoms with Gasteiger partial charge in [-0.15, -0.1) is 0 Å². The van der Waals surface area contributed by atoms with Crippen LogP contribution in [0.15, 0.2) is 12.1 Å². The topological polar surface area (TPSA) is 52.6 Å². The van der Waals surface area contributed by atoms with Gasteiger partial charge in [-0.1, -0.05) is 86.7 Å². The highest BCUT2D eigenvalue weighted by atomic mass is 35.5. The van der Waals surface area contributed by atoms with E-state index in [0.29, 0.717) is 25.9 Å². The van der Waals surface area contributed by atoms with Crippen LogP contribution in [0, 0.1) is 0 Å². The van der Waals surface area contributed by atoms with Crippen molar-refractivity contribution in [1.29, 1.82) is 0 Å². The lowest BCUT2D eigenvalue weighted by Crippen LogP contribution is -2.09. The van der Waals surface area contributed by atoms with Crippen molar-refractivity contribution in [2.45, 2.75) is 84.0 Å². The van der Waals surface area contributed by atoms with Crippen molar-refractivity contribution in [3.05, 3.63) is 27.2 Å². The van der Waals surface area contributed by atoms with Gasteiger partial charge in [0.15, 0.2) is 5.75 Å². The first kappa shape index (κ1) is 26.1. The van der Waals surface area contributed by atoms with E-state index in [1.165, 1.54) is 50.7 Å². The number of esters is 2. The average Bonchev–Trinajstić information content (AvgIpc) is 2.70. The largest absolute Gasteiger partial charge is 0.466 e. The van der Waals surface area contributed by atoms with Crippen LogP contribution < -0.4 is 4.74 Å². The quantitative estimate of drug-likeness (QED) is 0.115. The summed E-state index contributed by atoms with van der Waals surface area (Å²) in [6.45, 7) is 2.69. The minimum Gasteiger partial charge on any atom is -0.466 e. The minimum atomic E-state index is -0.469. The molecule has 0 aliphatic heterocycles. The monoisotopic (exact) mass is 464 g/mol. The summed E-state index contributed by atoms with van der Waals surface area (Å²) < 4.78 is 10.4. The van der Waals surface area contributed by atoms with Crippen molar-refractivity contribution in [2.75, 3.05) is 6.61 Å². The van der Waals surface area contributed by atoms with Crippen LogP contribution in [0.2, 0.25) is 15.1 Å². The SMILES string of the molecule is CCCCCCCCCCOC(=O)CCCCC(=O)Oc1c(Cl)ccc(Cl)c1Cl. The molecular formula is C22H31Cl3O4. The van der Waals surface area contributed by atoms with Gasteiger partial charge in [-0.2, -0.15) is 0 Å². The molecular weight excluding hydrogens is 435 g/mol. The zero-order valence-corrected chi connectivity index (χ0v) is 19.4. The smallest absolute Gasteiger partial charge is 0.311 e. The van der Waals surface area contributed by atoms with Crippen LogP contribution >= 0.6 is 34.8 Å². The molecule has 164 valence electrons. The summed E-state index contributed by atoms with van der Waals surface area (Å²) in [4.78, 5) is 23.7. The van der Waals surface area contributed by atoms with E-state index in [1.807, 2.05) is 0 Å². The number of carbonyl (C=O) groups excluding carboxylic acids is 2. The van der Waals surface area contributed by atoms with Crippen molar-refractivity contribution in [2.24, 2.45) is 0 Å². The van der Waals surface area contributed by atoms with Crippen molar-refractivity contribution < 1.29 is 19.1 Å². The Hall–Kier alpha value is -0.970. The summed E-state index contributed by atoms with van der Waals surface area (Å²) >= 11 is 17.9. The van der Waals surface area contributed by atoms with Gasteiger partial charge in [0, 0.05) is 12.8 Å². The molecule has 29 heavy (non-hydrogen) atoms. The predicted molar refractivity (Wildman–Crippen MR) is 119 cm³/mol. The van der Waals surface area contributed by atoms with Crippen LogP contribution in [0.25, 0.3) is 0 Å². The summed E-state index contributed by atoms with van der Waals surface area (Å²) in [5, 5.41) is 0.590. The highest BCUT2D eigenvalue weighted by Crippen LogP contribution is 2.38. The second-order valence-corrected chi connectivity index (χ2v) is 8.24. The molecule has 7 heteroatoms. The zero-order valence-electron chi connectivity index (χ0n) is 17.1. The van der Waals surface area contributed by atoms with Crippen LogP contribution in [0.4, 0.5) is 0 Å². The second-order valence-electron chi connectivity index (χ2n) is 7.05. The highest BCUT2D eigenvalue weighted by Gasteiger charge is 2.15. The number of unbranched alkanes of at least 4 members (excludes halogenated alkanes) is 8. The first-order valence-electron chi connectivity index (χ1n) is 10.5. The van der Waals surface area contributed by atoms with Crippen molar-refractivity contribution >= 4 is 46.7 Å². The van der Waals surface area contributed by atoms with Crippen LogP contribution in [0.5, 0.6) is 5.75 Å². The molecule has 0 N–H and O–H groups in total. The average molecular weight is 466 g/mol. The highest BCUT2D eigenvalue weighted by molar-refractivity contribution is 6.44. The van der Waals surface area contributed by atoms with E-state index >= 15 is 0 Å². The Kier molecular flexibility index (Phi) is 14.2. The first-order chi connectivity index (χ1) is 14.0. The normalized spacial score (nSPS) is 10.8. The fourth-order valence-electron chi connectivity index (χ4n) is 2.80. The number of ether oxygens (including phenoxy) is 2. The first-order valence-corrected chi connectivity index (χ1v) is 11.6. The van der Waals surface area contributed by atoms with E-state index in [2.05, 4.69) is 6.92 Å². The Bertz CT molecular complexity index is 635. The fourth-order valence-corrected chi connectivity index (χ4v) is 3.40. The molecule has 0 saturated heterocycles. The van der Waals surface area contributed by atoms with Crippen molar-refractivity contribution in [3.63, 3.8) is 0 Å². The lowest BCUT2D eigenvalue weighted by Gasteiger charge is -2.09. The number of hydrogen-bond donors (Lipinski definition) is 0. The Morgan fingerprint density at radius 2 is 1.31 bits per heavy atom. The number of carbonyl (C=O) groups is 2. The molecule has 0 radical (unpaired) electrons. The lowest BCUT2D eigenvalue weighted by molar-refractivity contribution is -0.144. The van der Waals surface area contributed by atoms with E-state index in [4.69, 9.17) is 44.3 Å². The molecule has 0 aliphatic carbocycles. The van der Waals surface area contributed by atoms with Gasteiger partial charge in [0.2, 0.25) is 0 Å². The molecule has 4 nitrogen and oxygen atoms in total. The molecule has 0 spiro atoms. The summed E-state index contributed by atoms with van der Waals surface area (Å²) in [6.07, 6.45) is 11.2. The molecule has 0 fully saturated rings. The number of halogens is 3. The van der Waals surface area contributed by atoms with Crippen LogP contribution in [0.1, 0.15) is 84.0 Å². The molecule has 0 heterocycles. The Balaban J connectivity index is 2.06. The summed E-state index contributed by atoms with van der Waals surface area (Å²) in [6, 6.07) is 3.05. The molecule has 0 saturated carbocycles. The number of rotatable bonds is 15. The molecule has 0 aliphatic rings. The molecule has 0 amide bonds. The van der Waals surface area contributed by atoms with Gasteiger partial charge in [0.25, 0.3) is 0 Å². The van der Waals surface area contributed by atoms with E-state index in [9.17, 15) is 9.59 Å². The molecule has 0 unspecified atom stereocenters. The maximum absolute atomic E-state index is 11.9. The third-order valence-corrected chi connectivity index (χ3v) is 5.58. The molecule has 0 aromatic heterocycles. The predicted octanol–water partition coefficient (Wildman–Crippen LogP) is 7.80. The maximum atomic E-state index is 11.9. The van der Waals surface area contributed by atoms with Crippen molar-refractivity contribution in [3.8, 4) is 5.75 Å². The second kappa shape index (κ2) is 15.8. The van der Waals surface area contributed by atoms with Crippen molar-refractivity contribution in [1.82, 2.24) is 0 Å². The van der Waals surface area contributed by atoms with Gasteiger partial charge in [-0.3, -0.25) is 9.59 Å². The van der Waals surface area contributed by atoms with Gasteiger partial charge >= 0.3 is 11.9 Å². The van der Waals surface area contributed by atoms with Gasteiger partial charge in [0.05, 0.1) is 16.7 Å². The minimum absolute atomic E-state index is 0.0654. The van der Waals surface area contributed by atoms with Crippen LogP contribution in [-0.2, 0) is 14.3 Å². The Labute approximate surface area is 189 Å². The third kappa shape index (κ3) is 11.7. The zero-order chi connectivity index (χ0) is 21.5. The van der Waals surface area contributed by atoms with Gasteiger partial charge < -0.3 is 9.47 Å². The molecule has 1 aromatic carbocycles. The summed E-state index contributed by atoms with van der Waals surface area (Å²) in [5.74, 6) is -0.624. The maximum Gasteiger partial charge on any atom is 0.311 e. The Morgan fingerprint density at radius 3 is 1.97 bits per heavy atom. The van der Waals surface area contributed by atoms with Gasteiger partial charge in [0.1, 0.15) is 5.02 Å². The summed E-state index contributed by atoms with van der Waals surface area (Å²) in [5.41, 5.74) is 0. The molecule has 1 rings (SSSR count). The summed E-state index contributed by atoms with van der Waals surface area (Å²) in [7, 11) is 0. The van der Waals surface area contributed by atoms with E-state index in [0.717, 1.165) is 12.8 Å². The molecule has 0 atom stereocenters. The van der Waals surface area contributed by atoms with E-state index in [-0.39, 0.29) is 33.2 Å². The van der Waals surface area contributed by atoms with Crippen LogP contribution in [-0.4, -0.2) is 18.5 Å². The number of hydrogen-bond acceptors (Lipinski definition) is 4. The van der Waals surface area contributed by atoms with E-state index in [1.54, 1.807) is 0 Å². The Morgan fingerprint density at radius 1 is 0.759 bits per heavy atom. The van der Waals surface area contributed by atoms with E-state index < -0.39 is 5.97 Å². The number of benzene rings is 1. The van der Waals surface area contributed by atoms with Gasteiger partial charge in [-0.25, -0.2) is 0 Å². The van der Waals surface area contributed by atoms with Gasteiger partial charge in [-0.05, 0) is 31.4 Å².